The Balaban J connectivity index is 2.91. The summed E-state index contributed by atoms with van der Waals surface area (Å²) < 4.78 is 9.27. The molecule has 0 aliphatic rings. The van der Waals surface area contributed by atoms with Crippen molar-refractivity contribution in [2.45, 2.75) is 18.2 Å². The molecule has 0 saturated heterocycles. The lowest BCUT2D eigenvalue weighted by Crippen LogP contribution is -2.06. The topological polar surface area (TPSA) is 52.6 Å². The number of carbonyl (C=O) groups is 2. The van der Waals surface area contributed by atoms with Crippen molar-refractivity contribution in [2.75, 3.05) is 14.2 Å². The molecule has 0 saturated carbocycles. The molecular weight excluding hydrogens is 300 g/mol. The average molecular weight is 315 g/mol. The zero-order valence-corrected chi connectivity index (χ0v) is 12.0. The van der Waals surface area contributed by atoms with Crippen LogP contribution in [0.25, 0.3) is 0 Å². The molecule has 0 spiro atoms. The Hall–Kier alpha value is -1.36. The van der Waals surface area contributed by atoms with Crippen molar-refractivity contribution in [1.29, 1.82) is 0 Å². The molecule has 0 unspecified atom stereocenters. The van der Waals surface area contributed by atoms with Crippen LogP contribution in [-0.2, 0) is 26.0 Å². The second kappa shape index (κ2) is 7.16. The van der Waals surface area contributed by atoms with Crippen LogP contribution >= 0.6 is 15.9 Å². The summed E-state index contributed by atoms with van der Waals surface area (Å²) >= 11 is 3.38. The highest BCUT2D eigenvalue weighted by Gasteiger charge is 2.11. The van der Waals surface area contributed by atoms with Crippen LogP contribution in [0.1, 0.15) is 27.9 Å². The Morgan fingerprint density at radius 3 is 2.44 bits per heavy atom. The Morgan fingerprint density at radius 2 is 1.89 bits per heavy atom. The van der Waals surface area contributed by atoms with Crippen LogP contribution in [-0.4, -0.2) is 26.2 Å². The van der Waals surface area contributed by atoms with E-state index in [1.165, 1.54) is 14.2 Å². The van der Waals surface area contributed by atoms with Crippen molar-refractivity contribution in [3.63, 3.8) is 0 Å². The molecule has 0 radical (unpaired) electrons. The molecule has 18 heavy (non-hydrogen) atoms. The SMILES string of the molecule is COC(=O)CCc1cc(C(=O)OC)ccc1CBr. The molecular formula is C13H15BrO4. The van der Waals surface area contributed by atoms with Crippen molar-refractivity contribution >= 4 is 27.9 Å². The molecule has 0 aliphatic heterocycles. The summed E-state index contributed by atoms with van der Waals surface area (Å²) in [6.45, 7) is 0. The first kappa shape index (κ1) is 14.7. The van der Waals surface area contributed by atoms with Crippen LogP contribution in [0.3, 0.4) is 0 Å². The van der Waals surface area contributed by atoms with Gasteiger partial charge in [-0.1, -0.05) is 22.0 Å². The van der Waals surface area contributed by atoms with Gasteiger partial charge in [-0.15, -0.1) is 0 Å². The van der Waals surface area contributed by atoms with Gasteiger partial charge in [-0.2, -0.15) is 0 Å². The van der Waals surface area contributed by atoms with Crippen LogP contribution in [0, 0.1) is 0 Å². The average Bonchev–Trinajstić information content (AvgIpc) is 2.43. The zero-order chi connectivity index (χ0) is 13.5. The molecule has 0 heterocycles. The molecule has 0 N–H and O–H groups in total. The number of halogens is 1. The van der Waals surface area contributed by atoms with Gasteiger partial charge in [-0.3, -0.25) is 4.79 Å². The molecule has 1 rings (SSSR count). The fraction of sp³-hybridized carbons (Fsp3) is 0.385. The Kier molecular flexibility index (Phi) is 5.85. The van der Waals surface area contributed by atoms with Crippen molar-refractivity contribution < 1.29 is 19.1 Å². The van der Waals surface area contributed by atoms with Gasteiger partial charge in [0.15, 0.2) is 0 Å². The van der Waals surface area contributed by atoms with E-state index in [2.05, 4.69) is 25.4 Å². The molecule has 1 aromatic carbocycles. The lowest BCUT2D eigenvalue weighted by atomic mass is 10.0. The number of alkyl halides is 1. The van der Waals surface area contributed by atoms with Gasteiger partial charge in [-0.25, -0.2) is 4.79 Å². The van der Waals surface area contributed by atoms with Crippen molar-refractivity contribution in [1.82, 2.24) is 0 Å². The molecule has 0 aliphatic carbocycles. The summed E-state index contributed by atoms with van der Waals surface area (Å²) in [5, 5.41) is 0.672. The van der Waals surface area contributed by atoms with Crippen molar-refractivity contribution in [2.24, 2.45) is 0 Å². The van der Waals surface area contributed by atoms with Crippen molar-refractivity contribution in [3.05, 3.63) is 34.9 Å². The van der Waals surface area contributed by atoms with E-state index in [1.54, 1.807) is 12.1 Å². The first-order chi connectivity index (χ1) is 8.62. The minimum Gasteiger partial charge on any atom is -0.469 e. The predicted octanol–water partition coefficient (Wildman–Crippen LogP) is 2.47. The predicted molar refractivity (Wildman–Crippen MR) is 70.7 cm³/mol. The van der Waals surface area contributed by atoms with Gasteiger partial charge in [0, 0.05) is 11.8 Å². The fourth-order valence-electron chi connectivity index (χ4n) is 1.57. The monoisotopic (exact) mass is 314 g/mol. The number of benzene rings is 1. The molecule has 4 nitrogen and oxygen atoms in total. The van der Waals surface area contributed by atoms with Crippen molar-refractivity contribution in [3.8, 4) is 0 Å². The third kappa shape index (κ3) is 3.84. The Morgan fingerprint density at radius 1 is 1.17 bits per heavy atom. The van der Waals surface area contributed by atoms with E-state index >= 15 is 0 Å². The number of methoxy groups -OCH3 is 2. The minimum atomic E-state index is -0.379. The summed E-state index contributed by atoms with van der Waals surface area (Å²) in [6, 6.07) is 5.32. The highest BCUT2D eigenvalue weighted by Crippen LogP contribution is 2.18. The van der Waals surface area contributed by atoms with Gasteiger partial charge in [0.1, 0.15) is 0 Å². The summed E-state index contributed by atoms with van der Waals surface area (Å²) in [4.78, 5) is 22.6. The zero-order valence-electron chi connectivity index (χ0n) is 10.4. The molecule has 1 aromatic rings. The molecule has 98 valence electrons. The number of hydrogen-bond donors (Lipinski definition) is 0. The van der Waals surface area contributed by atoms with Crippen LogP contribution in [0.5, 0.6) is 0 Å². The molecule has 0 bridgehead atoms. The maximum absolute atomic E-state index is 11.4. The van der Waals surface area contributed by atoms with Gasteiger partial charge in [0.2, 0.25) is 0 Å². The maximum atomic E-state index is 11.4. The second-order valence-corrected chi connectivity index (χ2v) is 4.25. The number of carbonyl (C=O) groups excluding carboxylic acids is 2. The first-order valence-electron chi connectivity index (χ1n) is 5.45. The number of ether oxygens (including phenoxy) is 2. The van der Waals surface area contributed by atoms with E-state index in [4.69, 9.17) is 0 Å². The Labute approximate surface area is 114 Å². The smallest absolute Gasteiger partial charge is 0.337 e. The number of aryl methyl sites for hydroxylation is 1. The summed E-state index contributed by atoms with van der Waals surface area (Å²) in [5.41, 5.74) is 2.48. The number of hydrogen-bond acceptors (Lipinski definition) is 4. The summed E-state index contributed by atoms with van der Waals surface area (Å²) in [5.74, 6) is -0.644. The lowest BCUT2D eigenvalue weighted by Gasteiger charge is -2.08. The highest BCUT2D eigenvalue weighted by molar-refractivity contribution is 9.08. The number of rotatable bonds is 5. The van der Waals surface area contributed by atoms with Crippen LogP contribution < -0.4 is 0 Å². The van der Waals surface area contributed by atoms with E-state index in [1.807, 2.05) is 6.07 Å². The van der Waals surface area contributed by atoms with Crippen LogP contribution in [0.2, 0.25) is 0 Å². The summed E-state index contributed by atoms with van der Waals surface area (Å²) in [7, 11) is 2.70. The molecule has 0 fully saturated rings. The number of esters is 2. The lowest BCUT2D eigenvalue weighted by molar-refractivity contribution is -0.140. The van der Waals surface area contributed by atoms with Gasteiger partial charge in [0.05, 0.1) is 19.8 Å². The Bertz CT molecular complexity index is 443. The van der Waals surface area contributed by atoms with E-state index < -0.39 is 0 Å². The third-order valence-corrected chi connectivity index (χ3v) is 3.20. The van der Waals surface area contributed by atoms with Gasteiger partial charge in [0.25, 0.3) is 0 Å². The second-order valence-electron chi connectivity index (χ2n) is 3.68. The van der Waals surface area contributed by atoms with Gasteiger partial charge >= 0.3 is 11.9 Å². The normalized spacial score (nSPS) is 9.94. The molecule has 0 amide bonds. The van der Waals surface area contributed by atoms with Crippen LogP contribution in [0.4, 0.5) is 0 Å². The van der Waals surface area contributed by atoms with Gasteiger partial charge in [-0.05, 0) is 29.7 Å². The summed E-state index contributed by atoms with van der Waals surface area (Å²) in [6.07, 6.45) is 0.833. The highest BCUT2D eigenvalue weighted by atomic mass is 79.9. The van der Waals surface area contributed by atoms with Crippen LogP contribution in [0.15, 0.2) is 18.2 Å². The van der Waals surface area contributed by atoms with E-state index in [0.29, 0.717) is 23.7 Å². The van der Waals surface area contributed by atoms with E-state index in [-0.39, 0.29) is 11.9 Å². The maximum Gasteiger partial charge on any atom is 0.337 e. The molecule has 0 atom stereocenters. The fourth-order valence-corrected chi connectivity index (χ4v) is 2.12. The minimum absolute atomic E-state index is 0.265. The third-order valence-electron chi connectivity index (χ3n) is 2.60. The van der Waals surface area contributed by atoms with E-state index in [0.717, 1.165) is 11.1 Å². The van der Waals surface area contributed by atoms with Gasteiger partial charge < -0.3 is 9.47 Å². The quantitative estimate of drug-likeness (QED) is 0.619. The van der Waals surface area contributed by atoms with E-state index in [9.17, 15) is 9.59 Å². The molecule has 5 heteroatoms. The standard InChI is InChI=1S/C13H15BrO4/c1-17-12(15)6-5-9-7-10(13(16)18-2)3-4-11(9)8-14/h3-4,7H,5-6,8H2,1-2H3. The largest absolute Gasteiger partial charge is 0.469 e. The first-order valence-corrected chi connectivity index (χ1v) is 6.57. The molecule has 0 aromatic heterocycles.